The zero-order valence-corrected chi connectivity index (χ0v) is 16.1. The van der Waals surface area contributed by atoms with Crippen LogP contribution in [0.5, 0.6) is 0 Å². The fourth-order valence-corrected chi connectivity index (χ4v) is 3.03. The number of nitrogens with zero attached hydrogens (tertiary/aromatic N) is 2. The molecule has 25 heavy (non-hydrogen) atoms. The van der Waals surface area contributed by atoms with E-state index in [0.29, 0.717) is 19.7 Å². The maximum atomic E-state index is 11.9. The number of aryl methyl sites for hydroxylation is 1. The zero-order chi connectivity index (χ0) is 18.2. The van der Waals surface area contributed by atoms with Crippen LogP contribution in [0.2, 0.25) is 0 Å². The molecule has 0 aromatic heterocycles. The van der Waals surface area contributed by atoms with Crippen molar-refractivity contribution in [2.24, 2.45) is 0 Å². The van der Waals surface area contributed by atoms with Gasteiger partial charge in [-0.15, -0.1) is 0 Å². The summed E-state index contributed by atoms with van der Waals surface area (Å²) < 4.78 is 4.93. The van der Waals surface area contributed by atoms with Gasteiger partial charge in [0.15, 0.2) is 5.11 Å². The van der Waals surface area contributed by atoms with Crippen LogP contribution in [0.4, 0.5) is 5.69 Å². The molecule has 1 saturated heterocycles. The van der Waals surface area contributed by atoms with Crippen LogP contribution in [0, 0.1) is 13.8 Å². The Kier molecular flexibility index (Phi) is 7.61. The van der Waals surface area contributed by atoms with Crippen LogP contribution >= 0.6 is 12.2 Å². The van der Waals surface area contributed by atoms with Crippen molar-refractivity contribution < 1.29 is 9.53 Å². The summed E-state index contributed by atoms with van der Waals surface area (Å²) in [6, 6.07) is 6.18. The summed E-state index contributed by atoms with van der Waals surface area (Å²) in [6.07, 6.45) is 0. The van der Waals surface area contributed by atoms with E-state index in [1.807, 2.05) is 6.07 Å². The fourth-order valence-electron chi connectivity index (χ4n) is 2.74. The van der Waals surface area contributed by atoms with Gasteiger partial charge in [0, 0.05) is 45.5 Å². The molecule has 2 N–H and O–H groups in total. The summed E-state index contributed by atoms with van der Waals surface area (Å²) >= 11 is 5.56. The number of hydrogen-bond acceptors (Lipinski definition) is 4. The minimum atomic E-state index is 0.0431. The average molecular weight is 365 g/mol. The second kappa shape index (κ2) is 9.70. The molecule has 0 atom stereocenters. The van der Waals surface area contributed by atoms with Crippen molar-refractivity contribution in [3.05, 3.63) is 29.3 Å². The highest BCUT2D eigenvalue weighted by Gasteiger charge is 2.20. The van der Waals surface area contributed by atoms with Gasteiger partial charge < -0.3 is 20.3 Å². The zero-order valence-electron chi connectivity index (χ0n) is 15.3. The number of benzene rings is 1. The Hall–Kier alpha value is -1.70. The number of thiocarbonyl (C=S) groups is 1. The van der Waals surface area contributed by atoms with Crippen molar-refractivity contribution in [2.75, 3.05) is 58.3 Å². The number of methoxy groups -OCH3 is 1. The predicted octanol–water partition coefficient (Wildman–Crippen LogP) is 1.38. The summed E-state index contributed by atoms with van der Waals surface area (Å²) in [6.45, 7) is 9.01. The Morgan fingerprint density at radius 2 is 1.96 bits per heavy atom. The van der Waals surface area contributed by atoms with Crippen molar-refractivity contribution in [3.8, 4) is 0 Å². The van der Waals surface area contributed by atoms with E-state index in [0.717, 1.165) is 37.0 Å². The second-order valence-corrected chi connectivity index (χ2v) is 6.67. The quantitative estimate of drug-likeness (QED) is 0.588. The lowest BCUT2D eigenvalue weighted by Gasteiger charge is -2.36. The lowest BCUT2D eigenvalue weighted by atomic mass is 10.1. The lowest BCUT2D eigenvalue weighted by molar-refractivity contribution is -0.122. The van der Waals surface area contributed by atoms with Crippen molar-refractivity contribution in [1.82, 2.24) is 15.1 Å². The van der Waals surface area contributed by atoms with Crippen LogP contribution in [0.15, 0.2) is 18.2 Å². The number of piperazine rings is 1. The van der Waals surface area contributed by atoms with Crippen LogP contribution in [0.25, 0.3) is 0 Å². The molecule has 0 unspecified atom stereocenters. The largest absolute Gasteiger partial charge is 0.383 e. The van der Waals surface area contributed by atoms with Crippen LogP contribution in [0.1, 0.15) is 11.1 Å². The monoisotopic (exact) mass is 364 g/mol. The Bertz CT molecular complexity index is 601. The number of carbonyl (C=O) groups is 1. The molecule has 2 rings (SSSR count). The van der Waals surface area contributed by atoms with E-state index in [1.54, 1.807) is 7.11 Å². The molecule has 0 bridgehead atoms. The summed E-state index contributed by atoms with van der Waals surface area (Å²) in [4.78, 5) is 16.2. The maximum Gasteiger partial charge on any atom is 0.234 e. The van der Waals surface area contributed by atoms with Crippen molar-refractivity contribution >= 4 is 28.9 Å². The topological polar surface area (TPSA) is 56.8 Å². The lowest BCUT2D eigenvalue weighted by Crippen LogP contribution is -2.52. The molecule has 0 saturated carbocycles. The van der Waals surface area contributed by atoms with Crippen molar-refractivity contribution in [3.63, 3.8) is 0 Å². The SMILES string of the molecule is COCCNC(=O)CN1CCN(C(=S)Nc2cccc(C)c2C)CC1. The maximum absolute atomic E-state index is 11.9. The molecule has 6 nitrogen and oxygen atoms in total. The average Bonchev–Trinajstić information content (AvgIpc) is 2.60. The number of amides is 1. The molecule has 0 aliphatic carbocycles. The van der Waals surface area contributed by atoms with Gasteiger partial charge in [-0.25, -0.2) is 0 Å². The van der Waals surface area contributed by atoms with E-state index in [-0.39, 0.29) is 5.91 Å². The van der Waals surface area contributed by atoms with Crippen molar-refractivity contribution in [2.45, 2.75) is 13.8 Å². The summed E-state index contributed by atoms with van der Waals surface area (Å²) in [5.41, 5.74) is 3.53. The van der Waals surface area contributed by atoms with E-state index in [4.69, 9.17) is 17.0 Å². The minimum Gasteiger partial charge on any atom is -0.383 e. The minimum absolute atomic E-state index is 0.0431. The summed E-state index contributed by atoms with van der Waals surface area (Å²) in [5.74, 6) is 0.0431. The van der Waals surface area contributed by atoms with Gasteiger partial charge in [0.25, 0.3) is 0 Å². The third-order valence-corrected chi connectivity index (χ3v) is 4.86. The molecular formula is C18H28N4O2S. The Morgan fingerprint density at radius 1 is 1.24 bits per heavy atom. The van der Waals surface area contributed by atoms with E-state index >= 15 is 0 Å². The molecule has 1 aromatic carbocycles. The molecule has 0 spiro atoms. The first-order valence-electron chi connectivity index (χ1n) is 8.61. The smallest absolute Gasteiger partial charge is 0.234 e. The molecule has 1 aliphatic heterocycles. The standard InChI is InChI=1S/C18H28N4O2S/c1-14-5-4-6-16(15(14)2)20-18(25)22-10-8-21(9-11-22)13-17(23)19-7-12-24-3/h4-6H,7-13H2,1-3H3,(H,19,23)(H,20,25). The number of carbonyl (C=O) groups excluding carboxylic acids is 1. The Morgan fingerprint density at radius 3 is 2.64 bits per heavy atom. The van der Waals surface area contributed by atoms with Crippen LogP contribution in [-0.4, -0.2) is 73.8 Å². The van der Waals surface area contributed by atoms with Gasteiger partial charge in [0.2, 0.25) is 5.91 Å². The van der Waals surface area contributed by atoms with Gasteiger partial charge in [0.1, 0.15) is 0 Å². The third-order valence-electron chi connectivity index (χ3n) is 4.50. The Balaban J connectivity index is 1.76. The van der Waals surface area contributed by atoms with E-state index < -0.39 is 0 Å². The van der Waals surface area contributed by atoms with E-state index in [9.17, 15) is 4.79 Å². The van der Waals surface area contributed by atoms with Crippen LogP contribution < -0.4 is 10.6 Å². The first-order valence-corrected chi connectivity index (χ1v) is 9.02. The fraction of sp³-hybridized carbons (Fsp3) is 0.556. The van der Waals surface area contributed by atoms with Gasteiger partial charge in [-0.3, -0.25) is 9.69 Å². The first kappa shape index (κ1) is 19.6. The molecule has 1 aromatic rings. The molecule has 0 radical (unpaired) electrons. The highest BCUT2D eigenvalue weighted by Crippen LogP contribution is 2.18. The normalized spacial score (nSPS) is 15.1. The predicted molar refractivity (Wildman–Crippen MR) is 105 cm³/mol. The molecule has 138 valence electrons. The number of rotatable bonds is 6. The molecule has 7 heteroatoms. The molecule has 1 amide bonds. The molecular weight excluding hydrogens is 336 g/mol. The summed E-state index contributed by atoms with van der Waals surface area (Å²) in [7, 11) is 1.63. The molecule has 1 heterocycles. The molecule has 1 aliphatic rings. The third kappa shape index (κ3) is 5.95. The highest BCUT2D eigenvalue weighted by atomic mass is 32.1. The van der Waals surface area contributed by atoms with Gasteiger partial charge in [0.05, 0.1) is 13.2 Å². The van der Waals surface area contributed by atoms with E-state index in [1.165, 1.54) is 11.1 Å². The van der Waals surface area contributed by atoms with Crippen LogP contribution in [0.3, 0.4) is 0 Å². The van der Waals surface area contributed by atoms with Gasteiger partial charge in [-0.2, -0.15) is 0 Å². The first-order chi connectivity index (χ1) is 12.0. The van der Waals surface area contributed by atoms with Crippen molar-refractivity contribution in [1.29, 1.82) is 0 Å². The summed E-state index contributed by atoms with van der Waals surface area (Å²) in [5, 5.41) is 6.96. The number of nitrogens with one attached hydrogen (secondary N) is 2. The van der Waals surface area contributed by atoms with E-state index in [2.05, 4.69) is 46.4 Å². The molecule has 1 fully saturated rings. The van der Waals surface area contributed by atoms with Gasteiger partial charge >= 0.3 is 0 Å². The van der Waals surface area contributed by atoms with Gasteiger partial charge in [-0.1, -0.05) is 12.1 Å². The number of hydrogen-bond donors (Lipinski definition) is 2. The van der Waals surface area contributed by atoms with Crippen LogP contribution in [-0.2, 0) is 9.53 Å². The highest BCUT2D eigenvalue weighted by molar-refractivity contribution is 7.80. The second-order valence-electron chi connectivity index (χ2n) is 6.28. The van der Waals surface area contributed by atoms with Gasteiger partial charge in [-0.05, 0) is 43.3 Å². The Labute approximate surface area is 155 Å². The number of anilines is 1. The number of ether oxygens (including phenoxy) is 1.